The van der Waals surface area contributed by atoms with Gasteiger partial charge in [-0.3, -0.25) is 0 Å². The van der Waals surface area contributed by atoms with Gasteiger partial charge in [-0.1, -0.05) is 24.3 Å². The van der Waals surface area contributed by atoms with E-state index in [2.05, 4.69) is 50.5 Å². The van der Waals surface area contributed by atoms with Crippen LogP contribution in [0.25, 0.3) is 0 Å². The van der Waals surface area contributed by atoms with Crippen molar-refractivity contribution in [1.29, 1.82) is 0 Å². The number of hydrogen-bond donors (Lipinski definition) is 0. The summed E-state index contributed by atoms with van der Waals surface area (Å²) < 4.78 is 6.57. The predicted octanol–water partition coefficient (Wildman–Crippen LogP) is 3.07. The molecule has 1 heterocycles. The van der Waals surface area contributed by atoms with Crippen LogP contribution in [0, 0.1) is 0 Å². The second-order valence-electron chi connectivity index (χ2n) is 7.32. The molecule has 0 saturated carbocycles. The summed E-state index contributed by atoms with van der Waals surface area (Å²) in [4.78, 5) is 0. The van der Waals surface area contributed by atoms with Crippen molar-refractivity contribution in [2.24, 2.45) is 0 Å². The molecule has 0 aromatic heterocycles. The number of allylic oxidation sites excluding steroid dienone is 2. The second kappa shape index (κ2) is 3.51. The predicted molar refractivity (Wildman–Crippen MR) is 85.6 cm³/mol. The molecule has 0 amide bonds. The van der Waals surface area contributed by atoms with Gasteiger partial charge in [0.15, 0.2) is 0 Å². The van der Waals surface area contributed by atoms with Gasteiger partial charge in [-0.2, -0.15) is 0 Å². The van der Waals surface area contributed by atoms with Crippen LogP contribution in [0.1, 0.15) is 35.8 Å². The van der Waals surface area contributed by atoms with Crippen molar-refractivity contribution < 1.29 is 4.12 Å². The topological polar surface area (TPSA) is 9.23 Å². The van der Waals surface area contributed by atoms with Crippen LogP contribution in [0.15, 0.2) is 24.3 Å². The maximum absolute atomic E-state index is 6.57. The highest BCUT2D eigenvalue weighted by molar-refractivity contribution is 7.05. The highest BCUT2D eigenvalue weighted by Gasteiger charge is 2.47. The van der Waals surface area contributed by atoms with Gasteiger partial charge in [0.25, 0.3) is 0 Å². The normalized spacial score (nSPS) is 32.2. The molecule has 19 heavy (non-hydrogen) atoms. The molecule has 1 aromatic carbocycles. The molecule has 100 valence electrons. The Kier molecular flexibility index (Phi) is 2.24. The fraction of sp³-hybridized carbons (Fsp3) is 0.500. The minimum Gasteiger partial charge on any atom is -0.449 e. The van der Waals surface area contributed by atoms with Gasteiger partial charge in [0, 0.05) is 11.8 Å². The van der Waals surface area contributed by atoms with Gasteiger partial charge in [0.2, 0.25) is 16.6 Å². The lowest BCUT2D eigenvalue weighted by Crippen LogP contribution is -2.45. The fourth-order valence-corrected chi connectivity index (χ4v) is 14.6. The number of hydrogen-bond acceptors (Lipinski definition) is 1. The Morgan fingerprint density at radius 1 is 0.842 bits per heavy atom. The summed E-state index contributed by atoms with van der Waals surface area (Å²) in [6, 6.07) is 5.08. The van der Waals surface area contributed by atoms with Crippen molar-refractivity contribution >= 4 is 27.0 Å². The summed E-state index contributed by atoms with van der Waals surface area (Å²) in [5.41, 5.74) is 3.24. The van der Waals surface area contributed by atoms with Gasteiger partial charge >= 0.3 is 0 Å². The lowest BCUT2D eigenvalue weighted by molar-refractivity contribution is 0.554. The first kappa shape index (κ1) is 12.1. The molecular formula is C16H22OSi2. The standard InChI is InChI=1S/C16H22OSi2/c1-18(2)15-9-13-11-5-7-12(8-6-11)14(13)10-16(15)19(3,4)17-18/h5,7,9-12H,6,8H2,1-4H3/t11-,12+. The summed E-state index contributed by atoms with van der Waals surface area (Å²) in [5, 5.41) is 3.20. The molecular weight excluding hydrogens is 264 g/mol. The Balaban J connectivity index is 1.98. The monoisotopic (exact) mass is 286 g/mol. The third kappa shape index (κ3) is 1.55. The number of benzene rings is 1. The van der Waals surface area contributed by atoms with Crippen molar-refractivity contribution in [2.75, 3.05) is 0 Å². The third-order valence-corrected chi connectivity index (χ3v) is 12.9. The van der Waals surface area contributed by atoms with Crippen LogP contribution in [-0.4, -0.2) is 16.6 Å². The van der Waals surface area contributed by atoms with E-state index in [9.17, 15) is 0 Å². The van der Waals surface area contributed by atoms with E-state index in [4.69, 9.17) is 4.12 Å². The Hall–Kier alpha value is -0.646. The summed E-state index contributed by atoms with van der Waals surface area (Å²) in [5.74, 6) is 1.36. The van der Waals surface area contributed by atoms with E-state index in [1.165, 1.54) is 12.8 Å². The van der Waals surface area contributed by atoms with Crippen LogP contribution in [0.3, 0.4) is 0 Å². The third-order valence-electron chi connectivity index (χ3n) is 5.19. The lowest BCUT2D eigenvalue weighted by Gasteiger charge is -2.34. The largest absolute Gasteiger partial charge is 0.449 e. The first-order valence-electron chi connectivity index (χ1n) is 7.46. The Morgan fingerprint density at radius 2 is 1.26 bits per heavy atom. The minimum atomic E-state index is -1.65. The van der Waals surface area contributed by atoms with Crippen molar-refractivity contribution in [3.05, 3.63) is 35.4 Å². The second-order valence-corrected chi connectivity index (χ2v) is 15.3. The van der Waals surface area contributed by atoms with Crippen LogP contribution < -0.4 is 10.4 Å². The highest BCUT2D eigenvalue weighted by Crippen LogP contribution is 2.45. The molecule has 0 fully saturated rings. The highest BCUT2D eigenvalue weighted by atomic mass is 28.4. The first-order chi connectivity index (χ1) is 8.88. The quantitative estimate of drug-likeness (QED) is 0.526. The molecule has 2 bridgehead atoms. The molecule has 1 aliphatic heterocycles. The molecule has 3 aliphatic carbocycles. The summed E-state index contributed by atoms with van der Waals surface area (Å²) in [6.45, 7) is 9.49. The van der Waals surface area contributed by atoms with E-state index in [0.717, 1.165) is 0 Å². The van der Waals surface area contributed by atoms with E-state index in [1.54, 1.807) is 21.5 Å². The summed E-state index contributed by atoms with van der Waals surface area (Å²) >= 11 is 0. The molecule has 2 atom stereocenters. The molecule has 3 heteroatoms. The SMILES string of the molecule is C[Si]1(C)O[Si](C)(C)c2cc3c(cc21)[C@@H]1C=C[C@H]3CC1. The van der Waals surface area contributed by atoms with Crippen molar-refractivity contribution in [1.82, 2.24) is 0 Å². The minimum absolute atomic E-state index is 0.681. The molecule has 1 nitrogen and oxygen atoms in total. The molecule has 4 aliphatic rings. The zero-order valence-electron chi connectivity index (χ0n) is 12.3. The lowest BCUT2D eigenvalue weighted by atomic mass is 9.72. The van der Waals surface area contributed by atoms with E-state index in [1.807, 2.05) is 0 Å². The van der Waals surface area contributed by atoms with Gasteiger partial charge in [-0.05, 0) is 60.5 Å². The van der Waals surface area contributed by atoms with Crippen LogP contribution >= 0.6 is 0 Å². The summed E-state index contributed by atoms with van der Waals surface area (Å²) in [7, 11) is -3.29. The Morgan fingerprint density at radius 3 is 1.63 bits per heavy atom. The molecule has 0 radical (unpaired) electrons. The van der Waals surface area contributed by atoms with Crippen LogP contribution in [-0.2, 0) is 4.12 Å². The molecule has 0 N–H and O–H groups in total. The average molecular weight is 287 g/mol. The van der Waals surface area contributed by atoms with Crippen LogP contribution in [0.5, 0.6) is 0 Å². The van der Waals surface area contributed by atoms with E-state index in [0.29, 0.717) is 11.8 Å². The van der Waals surface area contributed by atoms with Crippen molar-refractivity contribution in [2.45, 2.75) is 50.9 Å². The van der Waals surface area contributed by atoms with Gasteiger partial charge in [0.05, 0.1) is 0 Å². The van der Waals surface area contributed by atoms with Gasteiger partial charge in [-0.25, -0.2) is 0 Å². The van der Waals surface area contributed by atoms with E-state index in [-0.39, 0.29) is 0 Å². The van der Waals surface area contributed by atoms with E-state index >= 15 is 0 Å². The van der Waals surface area contributed by atoms with Crippen molar-refractivity contribution in [3.63, 3.8) is 0 Å². The Bertz CT molecular complexity index is 550. The van der Waals surface area contributed by atoms with Crippen LogP contribution in [0.2, 0.25) is 26.2 Å². The molecule has 5 rings (SSSR count). The molecule has 1 aromatic rings. The number of rotatable bonds is 0. The van der Waals surface area contributed by atoms with Crippen molar-refractivity contribution in [3.8, 4) is 0 Å². The zero-order chi connectivity index (χ0) is 13.4. The molecule has 0 saturated heterocycles. The van der Waals surface area contributed by atoms with E-state index < -0.39 is 16.6 Å². The fourth-order valence-electron chi connectivity index (χ4n) is 4.36. The molecule has 0 spiro atoms. The summed E-state index contributed by atoms with van der Waals surface area (Å²) in [6.07, 6.45) is 7.57. The molecule has 0 unspecified atom stereocenters. The maximum Gasteiger partial charge on any atom is 0.206 e. The van der Waals surface area contributed by atoms with Gasteiger partial charge in [-0.15, -0.1) is 0 Å². The van der Waals surface area contributed by atoms with Gasteiger partial charge in [0.1, 0.15) is 0 Å². The maximum atomic E-state index is 6.57. The average Bonchev–Trinajstić information content (AvgIpc) is 2.55. The van der Waals surface area contributed by atoms with Gasteiger partial charge < -0.3 is 4.12 Å². The number of fused-ring (bicyclic) bond motifs is 2. The van der Waals surface area contributed by atoms with Crippen LogP contribution in [0.4, 0.5) is 0 Å². The zero-order valence-corrected chi connectivity index (χ0v) is 14.3. The Labute approximate surface area is 117 Å². The smallest absolute Gasteiger partial charge is 0.206 e. The first-order valence-corrected chi connectivity index (χ1v) is 13.3.